The van der Waals surface area contributed by atoms with Gasteiger partial charge in [-0.05, 0) is 36.4 Å². The molecule has 0 saturated carbocycles. The molecule has 0 unspecified atom stereocenters. The number of nitriles is 1. The molecule has 3 aromatic carbocycles. The van der Waals surface area contributed by atoms with Crippen molar-refractivity contribution >= 4 is 11.4 Å². The van der Waals surface area contributed by atoms with Crippen LogP contribution in [0, 0.1) is 11.3 Å². The zero-order valence-corrected chi connectivity index (χ0v) is 12.2. The molecule has 0 N–H and O–H groups in total. The molecule has 0 spiro atoms. The Hall–Kier alpha value is -3.38. The summed E-state index contributed by atoms with van der Waals surface area (Å²) < 4.78 is 6.03. The second kappa shape index (κ2) is 5.43. The van der Waals surface area contributed by atoms with Gasteiger partial charge in [0, 0.05) is 11.1 Å². The smallest absolute Gasteiger partial charge is 0.153 e. The lowest BCUT2D eigenvalue weighted by atomic mass is 10.0. The van der Waals surface area contributed by atoms with Crippen LogP contribution in [0.5, 0.6) is 11.5 Å². The number of hydrogen-bond donors (Lipinski definition) is 0. The van der Waals surface area contributed by atoms with E-state index in [1.165, 1.54) is 0 Å². The van der Waals surface area contributed by atoms with Gasteiger partial charge in [-0.15, -0.1) is 0 Å². The van der Waals surface area contributed by atoms with E-state index in [2.05, 4.69) is 6.07 Å². The highest BCUT2D eigenvalue weighted by Crippen LogP contribution is 2.38. The lowest BCUT2D eigenvalue weighted by molar-refractivity contribution is 0.485. The monoisotopic (exact) mass is 296 g/mol. The summed E-state index contributed by atoms with van der Waals surface area (Å²) in [7, 11) is 0. The fourth-order valence-electron chi connectivity index (χ4n) is 2.61. The average Bonchev–Trinajstić information content (AvgIpc) is 2.78. The van der Waals surface area contributed by atoms with E-state index in [0.717, 1.165) is 34.0 Å². The summed E-state index contributed by atoms with van der Waals surface area (Å²) in [6.45, 7) is 0. The van der Waals surface area contributed by atoms with Crippen LogP contribution in [-0.2, 0) is 0 Å². The molecule has 0 aliphatic carbocycles. The molecule has 0 fully saturated rings. The quantitative estimate of drug-likeness (QED) is 0.505. The van der Waals surface area contributed by atoms with Crippen molar-refractivity contribution < 1.29 is 4.74 Å². The highest BCUT2D eigenvalue weighted by Gasteiger charge is 2.18. The molecule has 1 aliphatic rings. The second-order valence-corrected chi connectivity index (χ2v) is 5.22. The van der Waals surface area contributed by atoms with E-state index < -0.39 is 0 Å². The first kappa shape index (κ1) is 13.3. The minimum absolute atomic E-state index is 0.632. The molecular formula is C20H12N2O. The first-order chi connectivity index (χ1) is 11.3. The van der Waals surface area contributed by atoms with Crippen LogP contribution in [0.25, 0.3) is 0 Å². The average molecular weight is 296 g/mol. The van der Waals surface area contributed by atoms with Gasteiger partial charge in [-0.25, -0.2) is 4.99 Å². The molecule has 0 bridgehead atoms. The Kier molecular flexibility index (Phi) is 3.14. The topological polar surface area (TPSA) is 45.4 Å². The van der Waals surface area contributed by atoms with Gasteiger partial charge >= 0.3 is 0 Å². The number of ether oxygens (including phenoxy) is 1. The fourth-order valence-corrected chi connectivity index (χ4v) is 2.61. The number of nitrogens with zero attached hydrogens (tertiary/aromatic N) is 2. The van der Waals surface area contributed by atoms with Crippen LogP contribution in [0.15, 0.2) is 77.8 Å². The normalized spacial score (nSPS) is 12.0. The van der Waals surface area contributed by atoms with Crippen LogP contribution in [0.1, 0.15) is 16.7 Å². The van der Waals surface area contributed by atoms with Crippen LogP contribution < -0.4 is 4.74 Å². The predicted octanol–water partition coefficient (Wildman–Crippen LogP) is 4.83. The van der Waals surface area contributed by atoms with Gasteiger partial charge in [0.1, 0.15) is 11.4 Å². The summed E-state index contributed by atoms with van der Waals surface area (Å²) in [5, 5.41) is 8.97. The lowest BCUT2D eigenvalue weighted by Gasteiger charge is -2.09. The number of rotatable bonds is 1. The molecule has 0 atom stereocenters. The predicted molar refractivity (Wildman–Crippen MR) is 89.4 cm³/mol. The SMILES string of the molecule is N#Cc1ccc(C2=Nc3ccccc3Oc3ccccc32)cc1. The Labute approximate surface area is 134 Å². The van der Waals surface area contributed by atoms with E-state index in [1.807, 2.05) is 60.7 Å². The van der Waals surface area contributed by atoms with E-state index in [4.69, 9.17) is 15.0 Å². The summed E-state index contributed by atoms with van der Waals surface area (Å²) in [6.07, 6.45) is 0. The number of benzene rings is 3. The largest absolute Gasteiger partial charge is 0.454 e. The molecule has 0 saturated heterocycles. The van der Waals surface area contributed by atoms with Gasteiger partial charge in [0.15, 0.2) is 5.75 Å². The van der Waals surface area contributed by atoms with Crippen molar-refractivity contribution in [3.63, 3.8) is 0 Å². The third kappa shape index (κ3) is 2.37. The molecule has 1 aliphatic heterocycles. The lowest BCUT2D eigenvalue weighted by Crippen LogP contribution is -2.03. The maximum atomic E-state index is 8.97. The molecule has 3 heteroatoms. The van der Waals surface area contributed by atoms with Crippen molar-refractivity contribution in [3.8, 4) is 17.6 Å². The molecule has 1 heterocycles. The molecular weight excluding hydrogens is 284 g/mol. The molecule has 3 aromatic rings. The zero-order chi connectivity index (χ0) is 15.6. The van der Waals surface area contributed by atoms with Gasteiger partial charge in [-0.1, -0.05) is 36.4 Å². The molecule has 0 radical (unpaired) electrons. The summed E-state index contributed by atoms with van der Waals surface area (Å²) in [4.78, 5) is 4.81. The van der Waals surface area contributed by atoms with E-state index in [9.17, 15) is 0 Å². The van der Waals surface area contributed by atoms with Crippen LogP contribution in [0.4, 0.5) is 5.69 Å². The Balaban J connectivity index is 1.95. The van der Waals surface area contributed by atoms with Crippen LogP contribution in [-0.4, -0.2) is 5.71 Å². The van der Waals surface area contributed by atoms with E-state index >= 15 is 0 Å². The molecule has 3 nitrogen and oxygen atoms in total. The van der Waals surface area contributed by atoms with Crippen molar-refractivity contribution in [1.29, 1.82) is 5.26 Å². The minimum Gasteiger partial charge on any atom is -0.454 e. The van der Waals surface area contributed by atoms with Crippen molar-refractivity contribution in [3.05, 3.63) is 89.5 Å². The number of hydrogen-bond acceptors (Lipinski definition) is 3. The van der Waals surface area contributed by atoms with Crippen molar-refractivity contribution in [2.75, 3.05) is 0 Å². The van der Waals surface area contributed by atoms with Crippen molar-refractivity contribution in [2.24, 2.45) is 4.99 Å². The van der Waals surface area contributed by atoms with E-state index in [-0.39, 0.29) is 0 Å². The van der Waals surface area contributed by atoms with Crippen molar-refractivity contribution in [2.45, 2.75) is 0 Å². The highest BCUT2D eigenvalue weighted by atomic mass is 16.5. The molecule has 4 rings (SSSR count). The first-order valence-electron chi connectivity index (χ1n) is 7.31. The summed E-state index contributed by atoms with van der Waals surface area (Å²) in [5.41, 5.74) is 4.16. The fraction of sp³-hybridized carbons (Fsp3) is 0. The summed E-state index contributed by atoms with van der Waals surface area (Å²) >= 11 is 0. The second-order valence-electron chi connectivity index (χ2n) is 5.22. The highest BCUT2D eigenvalue weighted by molar-refractivity contribution is 6.16. The third-order valence-corrected chi connectivity index (χ3v) is 3.75. The minimum atomic E-state index is 0.632. The van der Waals surface area contributed by atoms with Gasteiger partial charge in [0.05, 0.1) is 17.3 Å². The number of aliphatic imine (C=N–C) groups is 1. The van der Waals surface area contributed by atoms with Crippen molar-refractivity contribution in [1.82, 2.24) is 0 Å². The van der Waals surface area contributed by atoms with Gasteiger partial charge in [0.2, 0.25) is 0 Å². The number of para-hydroxylation sites is 3. The van der Waals surface area contributed by atoms with Gasteiger partial charge in [-0.3, -0.25) is 0 Å². The summed E-state index contributed by atoms with van der Waals surface area (Å²) in [6, 6.07) is 25.2. The standard InChI is InChI=1S/C20H12N2O/c21-13-14-9-11-15(12-10-14)20-16-5-1-3-7-18(16)23-19-8-4-2-6-17(19)22-20/h1-12H. The first-order valence-corrected chi connectivity index (χ1v) is 7.31. The Morgan fingerprint density at radius 3 is 2.26 bits per heavy atom. The van der Waals surface area contributed by atoms with Crippen LogP contribution in [0.2, 0.25) is 0 Å². The van der Waals surface area contributed by atoms with Gasteiger partial charge in [-0.2, -0.15) is 5.26 Å². The number of fused-ring (bicyclic) bond motifs is 2. The zero-order valence-electron chi connectivity index (χ0n) is 12.2. The van der Waals surface area contributed by atoms with Crippen LogP contribution >= 0.6 is 0 Å². The molecule has 0 aromatic heterocycles. The Morgan fingerprint density at radius 1 is 0.783 bits per heavy atom. The summed E-state index contributed by atoms with van der Waals surface area (Å²) in [5.74, 6) is 1.52. The van der Waals surface area contributed by atoms with Crippen LogP contribution in [0.3, 0.4) is 0 Å². The van der Waals surface area contributed by atoms with Gasteiger partial charge in [0.25, 0.3) is 0 Å². The molecule has 23 heavy (non-hydrogen) atoms. The maximum absolute atomic E-state index is 8.97. The third-order valence-electron chi connectivity index (χ3n) is 3.75. The molecule has 108 valence electrons. The Bertz CT molecular complexity index is 950. The Morgan fingerprint density at radius 2 is 1.48 bits per heavy atom. The van der Waals surface area contributed by atoms with E-state index in [1.54, 1.807) is 12.1 Å². The van der Waals surface area contributed by atoms with Gasteiger partial charge < -0.3 is 4.74 Å². The van der Waals surface area contributed by atoms with E-state index in [0.29, 0.717) is 5.56 Å². The maximum Gasteiger partial charge on any atom is 0.153 e. The molecule has 0 amide bonds.